The molecule has 0 aliphatic heterocycles. The number of rotatable bonds is 4. The zero-order chi connectivity index (χ0) is 13.0. The second-order valence-corrected chi connectivity index (χ2v) is 5.09. The number of carbonyl (C=O) groups is 1. The zero-order valence-corrected chi connectivity index (χ0v) is 10.9. The van der Waals surface area contributed by atoms with Crippen LogP contribution in [0.4, 0.5) is 5.69 Å². The van der Waals surface area contributed by atoms with Crippen LogP contribution < -0.4 is 5.73 Å². The molecular formula is C15H21NO2. The Balaban J connectivity index is 2.19. The summed E-state index contributed by atoms with van der Waals surface area (Å²) in [4.78, 5) is 12.0. The molecule has 98 valence electrons. The number of methoxy groups -OCH3 is 1. The van der Waals surface area contributed by atoms with E-state index in [1.807, 2.05) is 24.3 Å². The predicted molar refractivity (Wildman–Crippen MR) is 72.2 cm³/mol. The molecule has 0 spiro atoms. The molecule has 0 radical (unpaired) electrons. The van der Waals surface area contributed by atoms with Crippen molar-refractivity contribution in [2.45, 2.75) is 38.0 Å². The van der Waals surface area contributed by atoms with Gasteiger partial charge in [-0.2, -0.15) is 0 Å². The van der Waals surface area contributed by atoms with Gasteiger partial charge in [0.15, 0.2) is 0 Å². The molecule has 1 atom stereocenters. The van der Waals surface area contributed by atoms with E-state index in [0.717, 1.165) is 12.0 Å². The van der Waals surface area contributed by atoms with E-state index in [2.05, 4.69) is 0 Å². The van der Waals surface area contributed by atoms with Crippen molar-refractivity contribution in [1.29, 1.82) is 0 Å². The molecule has 0 saturated heterocycles. The predicted octanol–water partition coefficient (Wildman–Crippen LogP) is 3.11. The second-order valence-electron chi connectivity index (χ2n) is 5.09. The van der Waals surface area contributed by atoms with Gasteiger partial charge in [0.25, 0.3) is 0 Å². The summed E-state index contributed by atoms with van der Waals surface area (Å²) in [7, 11) is 1.45. The third kappa shape index (κ3) is 2.84. The van der Waals surface area contributed by atoms with Crippen LogP contribution in [0.3, 0.4) is 0 Å². The monoisotopic (exact) mass is 247 g/mol. The summed E-state index contributed by atoms with van der Waals surface area (Å²) >= 11 is 0. The van der Waals surface area contributed by atoms with E-state index in [1.165, 1.54) is 32.8 Å². The number of ether oxygens (including phenoxy) is 1. The Hall–Kier alpha value is -1.51. The maximum Gasteiger partial charge on any atom is 0.313 e. The molecule has 3 nitrogen and oxygen atoms in total. The maximum atomic E-state index is 12.0. The van der Waals surface area contributed by atoms with Crippen LogP contribution in [-0.2, 0) is 9.53 Å². The minimum atomic E-state index is -0.209. The lowest BCUT2D eigenvalue weighted by Crippen LogP contribution is -2.18. The van der Waals surface area contributed by atoms with Gasteiger partial charge in [-0.15, -0.1) is 0 Å². The SMILES string of the molecule is COC(=O)C(CC1CCCC1)c1ccccc1N. The fourth-order valence-corrected chi connectivity index (χ4v) is 2.90. The largest absolute Gasteiger partial charge is 0.469 e. The third-order valence-corrected chi connectivity index (χ3v) is 3.90. The van der Waals surface area contributed by atoms with Crippen LogP contribution >= 0.6 is 0 Å². The van der Waals surface area contributed by atoms with Crippen LogP contribution in [0.25, 0.3) is 0 Å². The smallest absolute Gasteiger partial charge is 0.313 e. The summed E-state index contributed by atoms with van der Waals surface area (Å²) in [5, 5.41) is 0. The molecule has 1 aromatic carbocycles. The molecule has 0 heterocycles. The first kappa shape index (κ1) is 12.9. The van der Waals surface area contributed by atoms with Gasteiger partial charge in [-0.05, 0) is 24.0 Å². The molecule has 1 saturated carbocycles. The van der Waals surface area contributed by atoms with E-state index in [-0.39, 0.29) is 11.9 Å². The molecule has 1 fully saturated rings. The van der Waals surface area contributed by atoms with Crippen molar-refractivity contribution in [2.75, 3.05) is 12.8 Å². The first-order valence-corrected chi connectivity index (χ1v) is 6.64. The van der Waals surface area contributed by atoms with Gasteiger partial charge in [0.2, 0.25) is 0 Å². The lowest BCUT2D eigenvalue weighted by Gasteiger charge is -2.20. The third-order valence-electron chi connectivity index (χ3n) is 3.90. The lowest BCUT2D eigenvalue weighted by molar-refractivity contribution is -0.142. The molecule has 3 heteroatoms. The number of nitrogens with two attached hydrogens (primary N) is 1. The number of esters is 1. The first-order chi connectivity index (χ1) is 8.72. The van der Waals surface area contributed by atoms with Crippen LogP contribution in [0.15, 0.2) is 24.3 Å². The van der Waals surface area contributed by atoms with Gasteiger partial charge in [0.1, 0.15) is 0 Å². The van der Waals surface area contributed by atoms with Gasteiger partial charge in [-0.3, -0.25) is 4.79 Å². The Labute approximate surface area is 108 Å². The van der Waals surface area contributed by atoms with Gasteiger partial charge in [-0.25, -0.2) is 0 Å². The van der Waals surface area contributed by atoms with Crippen molar-refractivity contribution in [2.24, 2.45) is 5.92 Å². The average molecular weight is 247 g/mol. The summed E-state index contributed by atoms with van der Waals surface area (Å²) in [5.41, 5.74) is 7.58. The van der Waals surface area contributed by atoms with E-state index < -0.39 is 0 Å². The van der Waals surface area contributed by atoms with Crippen molar-refractivity contribution in [3.8, 4) is 0 Å². The molecule has 1 unspecified atom stereocenters. The minimum Gasteiger partial charge on any atom is -0.469 e. The Morgan fingerprint density at radius 2 is 2.06 bits per heavy atom. The number of carbonyl (C=O) groups excluding carboxylic acids is 1. The summed E-state index contributed by atoms with van der Waals surface area (Å²) in [6.45, 7) is 0. The zero-order valence-electron chi connectivity index (χ0n) is 10.9. The van der Waals surface area contributed by atoms with Crippen LogP contribution in [-0.4, -0.2) is 13.1 Å². The number of benzene rings is 1. The molecule has 0 aromatic heterocycles. The molecule has 0 bridgehead atoms. The van der Waals surface area contributed by atoms with Gasteiger partial charge in [0, 0.05) is 5.69 Å². The van der Waals surface area contributed by atoms with E-state index >= 15 is 0 Å². The Morgan fingerprint density at radius 1 is 1.39 bits per heavy atom. The second kappa shape index (κ2) is 5.89. The molecule has 2 N–H and O–H groups in total. The summed E-state index contributed by atoms with van der Waals surface area (Å²) in [6.07, 6.45) is 5.87. The van der Waals surface area contributed by atoms with E-state index in [9.17, 15) is 4.79 Å². The van der Waals surface area contributed by atoms with E-state index in [1.54, 1.807) is 0 Å². The average Bonchev–Trinajstić information content (AvgIpc) is 2.89. The van der Waals surface area contributed by atoms with Crippen molar-refractivity contribution in [3.63, 3.8) is 0 Å². The highest BCUT2D eigenvalue weighted by atomic mass is 16.5. The molecular weight excluding hydrogens is 226 g/mol. The molecule has 1 aliphatic rings. The quantitative estimate of drug-likeness (QED) is 0.657. The van der Waals surface area contributed by atoms with Crippen molar-refractivity contribution >= 4 is 11.7 Å². The minimum absolute atomic E-state index is 0.167. The maximum absolute atomic E-state index is 12.0. The summed E-state index contributed by atoms with van der Waals surface area (Å²) < 4.78 is 4.94. The number of hydrogen-bond donors (Lipinski definition) is 1. The van der Waals surface area contributed by atoms with Gasteiger partial charge < -0.3 is 10.5 Å². The number of hydrogen-bond acceptors (Lipinski definition) is 3. The molecule has 18 heavy (non-hydrogen) atoms. The number of nitrogen functional groups attached to an aromatic ring is 1. The van der Waals surface area contributed by atoms with E-state index in [4.69, 9.17) is 10.5 Å². The van der Waals surface area contributed by atoms with Crippen LogP contribution in [0.5, 0.6) is 0 Å². The highest BCUT2D eigenvalue weighted by Gasteiger charge is 2.28. The van der Waals surface area contributed by atoms with Gasteiger partial charge >= 0.3 is 5.97 Å². The molecule has 0 amide bonds. The van der Waals surface area contributed by atoms with Crippen molar-refractivity contribution in [3.05, 3.63) is 29.8 Å². The van der Waals surface area contributed by atoms with Crippen LogP contribution in [0.1, 0.15) is 43.6 Å². The molecule has 1 aliphatic carbocycles. The van der Waals surface area contributed by atoms with Gasteiger partial charge in [-0.1, -0.05) is 43.9 Å². The summed E-state index contributed by atoms with van der Waals surface area (Å²) in [6, 6.07) is 7.60. The Morgan fingerprint density at radius 3 is 2.67 bits per heavy atom. The van der Waals surface area contributed by atoms with Crippen molar-refractivity contribution < 1.29 is 9.53 Å². The topological polar surface area (TPSA) is 52.3 Å². The van der Waals surface area contributed by atoms with E-state index in [0.29, 0.717) is 11.6 Å². The Kier molecular flexibility index (Phi) is 4.24. The number of para-hydroxylation sites is 1. The van der Waals surface area contributed by atoms with Crippen molar-refractivity contribution in [1.82, 2.24) is 0 Å². The standard InChI is InChI=1S/C15H21NO2/c1-18-15(17)13(10-11-6-2-3-7-11)12-8-4-5-9-14(12)16/h4-5,8-9,11,13H,2-3,6-7,10,16H2,1H3. The fourth-order valence-electron chi connectivity index (χ4n) is 2.90. The van der Waals surface area contributed by atoms with Gasteiger partial charge in [0.05, 0.1) is 13.0 Å². The highest BCUT2D eigenvalue weighted by molar-refractivity contribution is 5.80. The summed E-state index contributed by atoms with van der Waals surface area (Å²) in [5.74, 6) is 0.257. The fraction of sp³-hybridized carbons (Fsp3) is 0.533. The van der Waals surface area contributed by atoms with Crippen LogP contribution in [0, 0.1) is 5.92 Å². The Bertz CT molecular complexity index is 411. The van der Waals surface area contributed by atoms with Crippen LogP contribution in [0.2, 0.25) is 0 Å². The lowest BCUT2D eigenvalue weighted by atomic mass is 9.87. The highest BCUT2D eigenvalue weighted by Crippen LogP contribution is 2.36. The normalized spacial score (nSPS) is 17.6. The molecule has 2 rings (SSSR count). The molecule has 1 aromatic rings. The first-order valence-electron chi connectivity index (χ1n) is 6.64. The number of anilines is 1.